The molecule has 1 unspecified atom stereocenters. The van der Waals surface area contributed by atoms with Crippen LogP contribution < -0.4 is 5.30 Å². The standard InChI is InChI=1S/C11H16NO4P/c1-4-9-7-11(17(15)16-5-2)10(12(13)14)6-8(9)3/h6-7,17H,4-5H2,1-3H3. The van der Waals surface area contributed by atoms with Crippen molar-refractivity contribution in [1.29, 1.82) is 0 Å². The Balaban J connectivity index is 3.33. The molecule has 0 aliphatic rings. The minimum atomic E-state index is -2.53. The molecule has 0 saturated heterocycles. The molecule has 0 aromatic heterocycles. The monoisotopic (exact) mass is 257 g/mol. The maximum Gasteiger partial charge on any atom is 0.282 e. The van der Waals surface area contributed by atoms with Gasteiger partial charge < -0.3 is 4.52 Å². The summed E-state index contributed by atoms with van der Waals surface area (Å²) >= 11 is 0. The van der Waals surface area contributed by atoms with E-state index >= 15 is 0 Å². The van der Waals surface area contributed by atoms with E-state index in [0.29, 0.717) is 0 Å². The predicted octanol–water partition coefficient (Wildman–Crippen LogP) is 2.60. The molecule has 0 fully saturated rings. The Bertz CT molecular complexity index is 459. The van der Waals surface area contributed by atoms with Gasteiger partial charge in [0.2, 0.25) is 8.03 Å². The molecule has 94 valence electrons. The Kier molecular flexibility index (Phi) is 4.85. The molecule has 1 aromatic carbocycles. The minimum absolute atomic E-state index is 0.114. The summed E-state index contributed by atoms with van der Waals surface area (Å²) in [5, 5.41) is 11.1. The average molecular weight is 257 g/mol. The van der Waals surface area contributed by atoms with Crippen LogP contribution in [0.15, 0.2) is 12.1 Å². The van der Waals surface area contributed by atoms with Gasteiger partial charge in [-0.05, 0) is 37.5 Å². The Morgan fingerprint density at radius 2 is 2.06 bits per heavy atom. The van der Waals surface area contributed by atoms with Crippen LogP contribution in [-0.2, 0) is 15.5 Å². The summed E-state index contributed by atoms with van der Waals surface area (Å²) in [6, 6.07) is 3.10. The molecule has 0 aliphatic carbocycles. The second-order valence-corrected chi connectivity index (χ2v) is 5.03. The van der Waals surface area contributed by atoms with Crippen molar-refractivity contribution < 1.29 is 14.0 Å². The first-order valence-electron chi connectivity index (χ1n) is 5.46. The van der Waals surface area contributed by atoms with Crippen LogP contribution in [0.3, 0.4) is 0 Å². The highest BCUT2D eigenvalue weighted by Gasteiger charge is 2.20. The van der Waals surface area contributed by atoms with Crippen molar-refractivity contribution in [3.8, 4) is 0 Å². The third-order valence-corrected chi connectivity index (χ3v) is 3.92. The summed E-state index contributed by atoms with van der Waals surface area (Å²) in [6.07, 6.45) is 0.748. The van der Waals surface area contributed by atoms with Gasteiger partial charge >= 0.3 is 0 Å². The fourth-order valence-electron chi connectivity index (χ4n) is 1.64. The van der Waals surface area contributed by atoms with Crippen molar-refractivity contribution in [1.82, 2.24) is 0 Å². The molecule has 0 saturated carbocycles. The van der Waals surface area contributed by atoms with Crippen LogP contribution in [-0.4, -0.2) is 11.5 Å². The van der Waals surface area contributed by atoms with E-state index in [1.165, 1.54) is 6.07 Å². The van der Waals surface area contributed by atoms with Crippen molar-refractivity contribution in [2.75, 3.05) is 6.61 Å². The van der Waals surface area contributed by atoms with Gasteiger partial charge in [0.25, 0.3) is 5.69 Å². The van der Waals surface area contributed by atoms with Crippen LogP contribution >= 0.6 is 8.03 Å². The molecule has 1 rings (SSSR count). The lowest BCUT2D eigenvalue weighted by atomic mass is 10.1. The van der Waals surface area contributed by atoms with E-state index in [2.05, 4.69) is 0 Å². The van der Waals surface area contributed by atoms with Gasteiger partial charge in [-0.25, -0.2) is 0 Å². The molecule has 0 bridgehead atoms. The largest absolute Gasteiger partial charge is 0.327 e. The molecule has 0 N–H and O–H groups in total. The fraction of sp³-hybridized carbons (Fsp3) is 0.455. The predicted molar refractivity (Wildman–Crippen MR) is 67.5 cm³/mol. The number of aryl methyl sites for hydroxylation is 2. The lowest BCUT2D eigenvalue weighted by Crippen LogP contribution is -2.09. The summed E-state index contributed by atoms with van der Waals surface area (Å²) in [5.41, 5.74) is 1.69. The summed E-state index contributed by atoms with van der Waals surface area (Å²) in [7, 11) is -2.53. The van der Waals surface area contributed by atoms with Gasteiger partial charge in [0.05, 0.1) is 11.5 Å². The molecule has 0 radical (unpaired) electrons. The van der Waals surface area contributed by atoms with Crippen LogP contribution in [0.1, 0.15) is 25.0 Å². The van der Waals surface area contributed by atoms with Gasteiger partial charge in [0, 0.05) is 6.07 Å². The van der Waals surface area contributed by atoms with Crippen molar-refractivity contribution in [3.63, 3.8) is 0 Å². The first-order valence-corrected chi connectivity index (χ1v) is 6.77. The average Bonchev–Trinajstić information content (AvgIpc) is 2.28. The molecule has 0 spiro atoms. The van der Waals surface area contributed by atoms with E-state index in [1.54, 1.807) is 13.0 Å². The molecule has 0 aliphatic heterocycles. The number of rotatable bonds is 5. The van der Waals surface area contributed by atoms with E-state index in [9.17, 15) is 14.7 Å². The molecule has 0 amide bonds. The van der Waals surface area contributed by atoms with Crippen LogP contribution in [0.4, 0.5) is 5.69 Å². The number of nitrogens with zero attached hydrogens (tertiary/aromatic N) is 1. The third-order valence-electron chi connectivity index (χ3n) is 2.53. The number of nitro groups is 1. The van der Waals surface area contributed by atoms with Crippen LogP contribution in [0.5, 0.6) is 0 Å². The van der Waals surface area contributed by atoms with E-state index in [4.69, 9.17) is 4.52 Å². The normalized spacial score (nSPS) is 12.4. The highest BCUT2D eigenvalue weighted by Crippen LogP contribution is 2.29. The smallest absolute Gasteiger partial charge is 0.282 e. The zero-order valence-corrected chi connectivity index (χ0v) is 11.1. The van der Waals surface area contributed by atoms with Crippen LogP contribution in [0.2, 0.25) is 0 Å². The summed E-state index contributed by atoms with van der Waals surface area (Å²) in [5.74, 6) is 0. The van der Waals surface area contributed by atoms with Crippen molar-refractivity contribution >= 4 is 19.0 Å². The fourth-order valence-corrected chi connectivity index (χ4v) is 2.72. The first-order chi connectivity index (χ1) is 8.01. The molecular formula is C11H16NO4P. The maximum absolute atomic E-state index is 11.8. The maximum atomic E-state index is 11.8. The molecule has 1 atom stereocenters. The topological polar surface area (TPSA) is 69.4 Å². The quantitative estimate of drug-likeness (QED) is 0.462. The van der Waals surface area contributed by atoms with Gasteiger partial charge in [-0.2, -0.15) is 0 Å². The Hall–Kier alpha value is -1.19. The van der Waals surface area contributed by atoms with E-state index in [0.717, 1.165) is 17.5 Å². The second-order valence-electron chi connectivity index (χ2n) is 3.63. The highest BCUT2D eigenvalue weighted by molar-refractivity contribution is 7.48. The Morgan fingerprint density at radius 1 is 1.41 bits per heavy atom. The summed E-state index contributed by atoms with van der Waals surface area (Å²) in [6.45, 7) is 5.76. The van der Waals surface area contributed by atoms with Gasteiger partial charge in [-0.15, -0.1) is 0 Å². The van der Waals surface area contributed by atoms with Gasteiger partial charge in [0.15, 0.2) is 0 Å². The van der Waals surface area contributed by atoms with Crippen molar-refractivity contribution in [2.24, 2.45) is 0 Å². The highest BCUT2D eigenvalue weighted by atomic mass is 31.1. The van der Waals surface area contributed by atoms with Gasteiger partial charge in [-0.1, -0.05) is 6.92 Å². The molecule has 6 heteroatoms. The molecule has 5 nitrogen and oxygen atoms in total. The molecule has 1 aromatic rings. The SMILES string of the molecule is CCO[PH](=O)c1cc(CC)c(C)cc1[N+](=O)[O-]. The van der Waals surface area contributed by atoms with Gasteiger partial charge in [-0.3, -0.25) is 14.7 Å². The first kappa shape index (κ1) is 13.9. The third kappa shape index (κ3) is 3.14. The minimum Gasteiger partial charge on any atom is -0.327 e. The van der Waals surface area contributed by atoms with E-state index < -0.39 is 13.0 Å². The zero-order valence-electron chi connectivity index (χ0n) is 10.1. The van der Waals surface area contributed by atoms with Crippen LogP contribution in [0, 0.1) is 17.0 Å². The van der Waals surface area contributed by atoms with Crippen molar-refractivity contribution in [2.45, 2.75) is 27.2 Å². The second kappa shape index (κ2) is 5.94. The summed E-state index contributed by atoms with van der Waals surface area (Å²) < 4.78 is 16.8. The number of hydrogen-bond acceptors (Lipinski definition) is 4. The van der Waals surface area contributed by atoms with E-state index in [1.807, 2.05) is 13.8 Å². The van der Waals surface area contributed by atoms with Gasteiger partial charge in [0.1, 0.15) is 5.30 Å². The lowest BCUT2D eigenvalue weighted by Gasteiger charge is -2.08. The molecular weight excluding hydrogens is 241 g/mol. The molecule has 0 heterocycles. The zero-order chi connectivity index (χ0) is 13.0. The number of benzene rings is 1. The summed E-state index contributed by atoms with van der Waals surface area (Å²) in [4.78, 5) is 10.4. The van der Waals surface area contributed by atoms with Crippen LogP contribution in [0.25, 0.3) is 0 Å². The Morgan fingerprint density at radius 3 is 2.53 bits per heavy atom. The number of hydrogen-bond donors (Lipinski definition) is 0. The number of nitro benzene ring substituents is 1. The molecule has 17 heavy (non-hydrogen) atoms. The lowest BCUT2D eigenvalue weighted by molar-refractivity contribution is -0.383. The van der Waals surface area contributed by atoms with Crippen molar-refractivity contribution in [3.05, 3.63) is 33.4 Å². The van der Waals surface area contributed by atoms with E-state index in [-0.39, 0.29) is 17.6 Å². The Labute approximate surface area is 101 Å².